The summed E-state index contributed by atoms with van der Waals surface area (Å²) >= 11 is 0. The molecule has 20 heavy (non-hydrogen) atoms. The molecule has 112 valence electrons. The average molecular weight is 282 g/mol. The molecule has 1 aromatic carbocycles. The van der Waals surface area contributed by atoms with Crippen molar-refractivity contribution in [3.63, 3.8) is 0 Å². The van der Waals surface area contributed by atoms with E-state index in [0.29, 0.717) is 5.69 Å². The molecule has 1 aromatic rings. The maximum atomic E-state index is 14.0. The Kier molecular flexibility index (Phi) is 6.28. The number of halogens is 1. The van der Waals surface area contributed by atoms with Crippen molar-refractivity contribution in [2.45, 2.75) is 33.1 Å². The first-order valence-corrected chi connectivity index (χ1v) is 6.98. The summed E-state index contributed by atoms with van der Waals surface area (Å²) in [6.07, 6.45) is 3.17. The molecule has 0 saturated carbocycles. The summed E-state index contributed by atoms with van der Waals surface area (Å²) < 4.78 is 18.9. The lowest BCUT2D eigenvalue weighted by Gasteiger charge is -2.21. The van der Waals surface area contributed by atoms with Crippen molar-refractivity contribution in [1.82, 2.24) is 0 Å². The molecule has 0 aliphatic rings. The molecule has 0 amide bonds. The van der Waals surface area contributed by atoms with Crippen molar-refractivity contribution in [3.05, 3.63) is 23.5 Å². The van der Waals surface area contributed by atoms with E-state index < -0.39 is 11.8 Å². The van der Waals surface area contributed by atoms with Gasteiger partial charge < -0.3 is 15.4 Å². The van der Waals surface area contributed by atoms with Gasteiger partial charge in [-0.15, -0.1) is 0 Å². The second-order valence-electron chi connectivity index (χ2n) is 4.74. The number of carbonyl (C=O) groups is 1. The van der Waals surface area contributed by atoms with Crippen molar-refractivity contribution in [1.29, 1.82) is 0 Å². The molecule has 4 nitrogen and oxygen atoms in total. The van der Waals surface area contributed by atoms with Gasteiger partial charge in [-0.25, -0.2) is 9.18 Å². The maximum Gasteiger partial charge on any atom is 0.340 e. The van der Waals surface area contributed by atoms with Gasteiger partial charge in [0.05, 0.1) is 17.9 Å². The van der Waals surface area contributed by atoms with Crippen LogP contribution < -0.4 is 10.6 Å². The first kappa shape index (κ1) is 16.3. The van der Waals surface area contributed by atoms with Crippen LogP contribution in [-0.2, 0) is 4.74 Å². The van der Waals surface area contributed by atoms with Crippen molar-refractivity contribution < 1.29 is 13.9 Å². The zero-order chi connectivity index (χ0) is 15.1. The van der Waals surface area contributed by atoms with Gasteiger partial charge >= 0.3 is 5.97 Å². The predicted octanol–water partition coefficient (Wildman–Crippen LogP) is 3.21. The van der Waals surface area contributed by atoms with Crippen molar-refractivity contribution >= 4 is 17.3 Å². The molecule has 0 saturated heterocycles. The van der Waals surface area contributed by atoms with Crippen LogP contribution in [0.3, 0.4) is 0 Å². The van der Waals surface area contributed by atoms with Crippen LogP contribution in [0.5, 0.6) is 0 Å². The topological polar surface area (TPSA) is 55.6 Å². The van der Waals surface area contributed by atoms with E-state index in [4.69, 9.17) is 10.5 Å². The number of nitrogens with two attached hydrogens (primary N) is 1. The van der Waals surface area contributed by atoms with Crippen LogP contribution >= 0.6 is 0 Å². The predicted molar refractivity (Wildman–Crippen MR) is 79.6 cm³/mol. The number of hydrogen-bond donors (Lipinski definition) is 1. The van der Waals surface area contributed by atoms with Crippen LogP contribution in [0.2, 0.25) is 0 Å². The third-order valence-corrected chi connectivity index (χ3v) is 3.12. The van der Waals surface area contributed by atoms with Gasteiger partial charge in [0.1, 0.15) is 5.82 Å². The molecule has 0 atom stereocenters. The minimum Gasteiger partial charge on any atom is -0.462 e. The number of benzene rings is 1. The van der Waals surface area contributed by atoms with Gasteiger partial charge in [0, 0.05) is 19.3 Å². The molecule has 5 heteroatoms. The first-order chi connectivity index (χ1) is 9.51. The minimum absolute atomic E-state index is 0.103. The fourth-order valence-corrected chi connectivity index (χ4v) is 1.97. The lowest BCUT2D eigenvalue weighted by atomic mass is 10.1. The van der Waals surface area contributed by atoms with E-state index in [9.17, 15) is 9.18 Å². The van der Waals surface area contributed by atoms with Gasteiger partial charge in [0.15, 0.2) is 0 Å². The summed E-state index contributed by atoms with van der Waals surface area (Å²) in [7, 11) is 1.80. The van der Waals surface area contributed by atoms with E-state index in [-0.39, 0.29) is 17.9 Å². The number of ether oxygens (including phenoxy) is 1. The van der Waals surface area contributed by atoms with E-state index >= 15 is 0 Å². The van der Waals surface area contributed by atoms with Gasteiger partial charge in [-0.3, -0.25) is 0 Å². The Morgan fingerprint density at radius 3 is 2.65 bits per heavy atom. The second kappa shape index (κ2) is 7.72. The van der Waals surface area contributed by atoms with Crippen LogP contribution in [0.4, 0.5) is 15.8 Å². The molecule has 2 N–H and O–H groups in total. The molecule has 0 aliphatic heterocycles. The summed E-state index contributed by atoms with van der Waals surface area (Å²) in [5.74, 6) is -0.942. The Balaban J connectivity index is 2.95. The Morgan fingerprint density at radius 1 is 1.35 bits per heavy atom. The molecule has 1 rings (SSSR count). The number of unbranched alkanes of at least 4 members (excludes halogenated alkanes) is 2. The first-order valence-electron chi connectivity index (χ1n) is 6.98. The van der Waals surface area contributed by atoms with E-state index in [1.54, 1.807) is 18.9 Å². The number of anilines is 2. The van der Waals surface area contributed by atoms with Gasteiger partial charge in [0.2, 0.25) is 0 Å². The fourth-order valence-electron chi connectivity index (χ4n) is 1.97. The van der Waals surface area contributed by atoms with Gasteiger partial charge in [-0.2, -0.15) is 0 Å². The molecular formula is C15H23FN2O2. The normalized spacial score (nSPS) is 10.4. The molecule has 0 unspecified atom stereocenters. The molecule has 0 spiro atoms. The molecule has 0 radical (unpaired) electrons. The summed E-state index contributed by atoms with van der Waals surface area (Å²) in [5.41, 5.74) is 6.37. The second-order valence-corrected chi connectivity index (χ2v) is 4.74. The number of nitrogen functional groups attached to an aromatic ring is 1. The molecule has 0 aromatic heterocycles. The van der Waals surface area contributed by atoms with E-state index in [0.717, 1.165) is 25.8 Å². The summed E-state index contributed by atoms with van der Waals surface area (Å²) in [6, 6.07) is 2.65. The zero-order valence-corrected chi connectivity index (χ0v) is 12.4. The molecule has 0 bridgehead atoms. The van der Waals surface area contributed by atoms with Crippen molar-refractivity contribution in [3.8, 4) is 0 Å². The van der Waals surface area contributed by atoms with Crippen LogP contribution in [0.15, 0.2) is 12.1 Å². The Bertz CT molecular complexity index is 463. The van der Waals surface area contributed by atoms with E-state index in [1.807, 2.05) is 0 Å². The lowest BCUT2D eigenvalue weighted by molar-refractivity contribution is 0.0527. The quantitative estimate of drug-likeness (QED) is 0.474. The number of rotatable bonds is 7. The Morgan fingerprint density at radius 2 is 2.05 bits per heavy atom. The Labute approximate surface area is 119 Å². The van der Waals surface area contributed by atoms with Crippen LogP contribution in [0.1, 0.15) is 43.5 Å². The summed E-state index contributed by atoms with van der Waals surface area (Å²) in [4.78, 5) is 13.6. The van der Waals surface area contributed by atoms with Crippen LogP contribution in [0, 0.1) is 5.82 Å². The average Bonchev–Trinajstić information content (AvgIpc) is 2.39. The third-order valence-electron chi connectivity index (χ3n) is 3.12. The molecule has 0 fully saturated rings. The standard InChI is InChI=1S/C15H23FN2O2/c1-4-6-7-8-18(3)14-9-11(15(19)20-5-2)13(17)10-12(14)16/h9-10H,4-8,17H2,1-3H3. The highest BCUT2D eigenvalue weighted by Gasteiger charge is 2.17. The Hall–Kier alpha value is -1.78. The molecule has 0 heterocycles. The number of carbonyl (C=O) groups excluding carboxylic acids is 1. The van der Waals surface area contributed by atoms with Crippen molar-refractivity contribution in [2.24, 2.45) is 0 Å². The van der Waals surface area contributed by atoms with Gasteiger partial charge in [-0.05, 0) is 25.5 Å². The van der Waals surface area contributed by atoms with Crippen molar-refractivity contribution in [2.75, 3.05) is 30.8 Å². The van der Waals surface area contributed by atoms with Crippen LogP contribution in [0.25, 0.3) is 0 Å². The fraction of sp³-hybridized carbons (Fsp3) is 0.533. The highest BCUT2D eigenvalue weighted by Crippen LogP contribution is 2.25. The largest absolute Gasteiger partial charge is 0.462 e. The SMILES string of the molecule is CCCCCN(C)c1cc(C(=O)OCC)c(N)cc1F. The van der Waals surface area contributed by atoms with Gasteiger partial charge in [-0.1, -0.05) is 19.8 Å². The highest BCUT2D eigenvalue weighted by molar-refractivity contribution is 5.96. The minimum atomic E-state index is -0.520. The molecular weight excluding hydrogens is 259 g/mol. The van der Waals surface area contributed by atoms with Gasteiger partial charge in [0.25, 0.3) is 0 Å². The van der Waals surface area contributed by atoms with E-state index in [2.05, 4.69) is 6.92 Å². The number of nitrogens with zero attached hydrogens (tertiary/aromatic N) is 1. The zero-order valence-electron chi connectivity index (χ0n) is 12.4. The smallest absolute Gasteiger partial charge is 0.340 e. The number of esters is 1. The third kappa shape index (κ3) is 4.11. The van der Waals surface area contributed by atoms with Crippen LogP contribution in [-0.4, -0.2) is 26.2 Å². The highest BCUT2D eigenvalue weighted by atomic mass is 19.1. The number of hydrogen-bond acceptors (Lipinski definition) is 4. The molecule has 0 aliphatic carbocycles. The monoisotopic (exact) mass is 282 g/mol. The summed E-state index contributed by atoms with van der Waals surface area (Å²) in [5, 5.41) is 0. The lowest BCUT2D eigenvalue weighted by Crippen LogP contribution is -2.21. The maximum absolute atomic E-state index is 14.0. The summed E-state index contributed by atoms with van der Waals surface area (Å²) in [6.45, 7) is 4.83. The van der Waals surface area contributed by atoms with E-state index in [1.165, 1.54) is 12.1 Å².